The molecule has 0 amide bonds. The number of benzene rings is 1. The number of para-hydroxylation sites is 1. The summed E-state index contributed by atoms with van der Waals surface area (Å²) in [6, 6.07) is 5.81. The van der Waals surface area contributed by atoms with E-state index in [0.717, 1.165) is 11.1 Å². The van der Waals surface area contributed by atoms with E-state index in [-0.39, 0.29) is 28.8 Å². The molecule has 0 radical (unpaired) electrons. The number of ether oxygens (including phenoxy) is 2. The fraction of sp³-hybridized carbons (Fsp3) is 0.667. The minimum atomic E-state index is -0.171. The van der Waals surface area contributed by atoms with Crippen LogP contribution >= 0.6 is 0 Å². The van der Waals surface area contributed by atoms with Crippen LogP contribution in [0.15, 0.2) is 18.2 Å². The molecule has 1 aromatic carbocycles. The maximum atomic E-state index is 10.8. The van der Waals surface area contributed by atoms with Gasteiger partial charge in [-0.3, -0.25) is 0 Å². The van der Waals surface area contributed by atoms with Crippen molar-refractivity contribution < 1.29 is 14.6 Å². The molecular formula is C18H30O3. The van der Waals surface area contributed by atoms with Gasteiger partial charge in [0.1, 0.15) is 5.75 Å². The van der Waals surface area contributed by atoms with Gasteiger partial charge in [0, 0.05) is 25.3 Å². The standard InChI is InChI=1S/C18H30O3/c1-17(2,3)15(20-7)12-10-9-11-13(14(12)19)16(21-8)18(4,5)6/h9-11,15-16,19H,1-8H3. The highest BCUT2D eigenvalue weighted by Crippen LogP contribution is 2.45. The normalized spacial score (nSPS) is 15.8. The summed E-state index contributed by atoms with van der Waals surface area (Å²) < 4.78 is 11.3. The van der Waals surface area contributed by atoms with E-state index in [4.69, 9.17) is 9.47 Å². The van der Waals surface area contributed by atoms with E-state index < -0.39 is 0 Å². The van der Waals surface area contributed by atoms with Crippen LogP contribution < -0.4 is 0 Å². The lowest BCUT2D eigenvalue weighted by molar-refractivity contribution is 0.00697. The molecule has 0 fully saturated rings. The van der Waals surface area contributed by atoms with Gasteiger partial charge < -0.3 is 14.6 Å². The zero-order valence-electron chi connectivity index (χ0n) is 14.7. The molecule has 0 saturated heterocycles. The van der Waals surface area contributed by atoms with Gasteiger partial charge >= 0.3 is 0 Å². The van der Waals surface area contributed by atoms with E-state index in [1.807, 2.05) is 18.2 Å². The molecule has 1 rings (SSSR count). The Labute approximate surface area is 129 Å². The van der Waals surface area contributed by atoms with Crippen LogP contribution in [0.25, 0.3) is 0 Å². The lowest BCUT2D eigenvalue weighted by Gasteiger charge is -2.33. The summed E-state index contributed by atoms with van der Waals surface area (Å²) >= 11 is 0. The summed E-state index contributed by atoms with van der Waals surface area (Å²) in [6.07, 6.45) is -0.343. The molecule has 0 saturated carbocycles. The van der Waals surface area contributed by atoms with E-state index in [0.29, 0.717) is 0 Å². The molecule has 1 aromatic rings. The molecule has 0 bridgehead atoms. The summed E-state index contributed by atoms with van der Waals surface area (Å²) in [4.78, 5) is 0. The second-order valence-corrected chi connectivity index (χ2v) is 7.75. The van der Waals surface area contributed by atoms with Crippen molar-refractivity contribution in [1.29, 1.82) is 0 Å². The zero-order valence-corrected chi connectivity index (χ0v) is 14.7. The van der Waals surface area contributed by atoms with Crippen LogP contribution in [0, 0.1) is 10.8 Å². The molecule has 3 heteroatoms. The Bertz CT molecular complexity index is 426. The maximum absolute atomic E-state index is 10.8. The number of methoxy groups -OCH3 is 2. The van der Waals surface area contributed by atoms with Crippen LogP contribution in [-0.2, 0) is 9.47 Å². The molecule has 0 heterocycles. The molecule has 0 spiro atoms. The van der Waals surface area contributed by atoms with Crippen LogP contribution in [0.5, 0.6) is 5.75 Å². The van der Waals surface area contributed by atoms with Crippen LogP contribution in [0.4, 0.5) is 0 Å². The van der Waals surface area contributed by atoms with Crippen LogP contribution in [0.2, 0.25) is 0 Å². The Kier molecular flexibility index (Phi) is 5.46. The third-order valence-corrected chi connectivity index (χ3v) is 3.71. The third kappa shape index (κ3) is 3.98. The van der Waals surface area contributed by atoms with E-state index in [1.54, 1.807) is 14.2 Å². The Morgan fingerprint density at radius 1 is 0.810 bits per heavy atom. The third-order valence-electron chi connectivity index (χ3n) is 3.71. The Morgan fingerprint density at radius 3 is 1.38 bits per heavy atom. The van der Waals surface area contributed by atoms with E-state index >= 15 is 0 Å². The van der Waals surface area contributed by atoms with Gasteiger partial charge in [0.15, 0.2) is 0 Å². The highest BCUT2D eigenvalue weighted by Gasteiger charge is 2.33. The Balaban J connectivity index is 3.38. The lowest BCUT2D eigenvalue weighted by atomic mass is 9.80. The Hall–Kier alpha value is -1.06. The number of phenolic OH excluding ortho intramolecular Hbond substituents is 1. The molecule has 0 aliphatic carbocycles. The van der Waals surface area contributed by atoms with Gasteiger partial charge in [-0.25, -0.2) is 0 Å². The minimum Gasteiger partial charge on any atom is -0.507 e. The van der Waals surface area contributed by atoms with Gasteiger partial charge in [-0.1, -0.05) is 59.7 Å². The average molecular weight is 294 g/mol. The van der Waals surface area contributed by atoms with Crippen molar-refractivity contribution in [2.45, 2.75) is 53.8 Å². The summed E-state index contributed by atoms with van der Waals surface area (Å²) in [5.74, 6) is 0.279. The molecule has 2 unspecified atom stereocenters. The van der Waals surface area contributed by atoms with E-state index in [1.165, 1.54) is 0 Å². The first-order valence-electron chi connectivity index (χ1n) is 7.41. The molecule has 2 atom stereocenters. The van der Waals surface area contributed by atoms with Crippen LogP contribution in [0.3, 0.4) is 0 Å². The molecule has 1 N–H and O–H groups in total. The van der Waals surface area contributed by atoms with E-state index in [2.05, 4.69) is 41.5 Å². The fourth-order valence-electron chi connectivity index (χ4n) is 2.90. The van der Waals surface area contributed by atoms with Gasteiger partial charge in [0.2, 0.25) is 0 Å². The number of aromatic hydroxyl groups is 1. The number of hydrogen-bond acceptors (Lipinski definition) is 3. The molecule has 0 aromatic heterocycles. The summed E-state index contributed by atoms with van der Waals surface area (Å²) in [5.41, 5.74) is 1.42. The van der Waals surface area contributed by atoms with Crippen LogP contribution in [-0.4, -0.2) is 19.3 Å². The number of rotatable bonds is 4. The minimum absolute atomic E-state index is 0.102. The monoisotopic (exact) mass is 294 g/mol. The average Bonchev–Trinajstić information content (AvgIpc) is 2.31. The first-order valence-corrected chi connectivity index (χ1v) is 7.41. The highest BCUT2D eigenvalue weighted by atomic mass is 16.5. The molecule has 0 aliphatic rings. The lowest BCUT2D eigenvalue weighted by Crippen LogP contribution is -2.23. The largest absolute Gasteiger partial charge is 0.507 e. The van der Waals surface area contributed by atoms with Gasteiger partial charge in [-0.15, -0.1) is 0 Å². The van der Waals surface area contributed by atoms with Crippen molar-refractivity contribution in [2.24, 2.45) is 10.8 Å². The molecule has 0 aliphatic heterocycles. The van der Waals surface area contributed by atoms with Crippen LogP contribution in [0.1, 0.15) is 64.9 Å². The van der Waals surface area contributed by atoms with Crippen molar-refractivity contribution in [3.05, 3.63) is 29.3 Å². The van der Waals surface area contributed by atoms with Gasteiger partial charge in [-0.2, -0.15) is 0 Å². The topological polar surface area (TPSA) is 38.7 Å². The molecular weight excluding hydrogens is 264 g/mol. The quantitative estimate of drug-likeness (QED) is 0.862. The molecule has 120 valence electrons. The zero-order chi connectivity index (χ0) is 16.4. The maximum Gasteiger partial charge on any atom is 0.127 e. The van der Waals surface area contributed by atoms with Crippen molar-refractivity contribution >= 4 is 0 Å². The summed E-state index contributed by atoms with van der Waals surface area (Å²) in [5, 5.41) is 10.8. The molecule has 3 nitrogen and oxygen atoms in total. The first kappa shape index (κ1) is 18.0. The van der Waals surface area contributed by atoms with E-state index in [9.17, 15) is 5.11 Å². The smallest absolute Gasteiger partial charge is 0.127 e. The highest BCUT2D eigenvalue weighted by molar-refractivity contribution is 5.44. The molecule has 21 heavy (non-hydrogen) atoms. The van der Waals surface area contributed by atoms with Gasteiger partial charge in [0.25, 0.3) is 0 Å². The van der Waals surface area contributed by atoms with Crippen molar-refractivity contribution in [1.82, 2.24) is 0 Å². The second-order valence-electron chi connectivity index (χ2n) is 7.75. The predicted octanol–water partition coefficient (Wildman–Crippen LogP) is 4.86. The first-order chi connectivity index (χ1) is 9.54. The summed E-state index contributed by atoms with van der Waals surface area (Å²) in [7, 11) is 3.36. The predicted molar refractivity (Wildman–Crippen MR) is 86.5 cm³/mol. The Morgan fingerprint density at radius 2 is 1.14 bits per heavy atom. The van der Waals surface area contributed by atoms with Gasteiger partial charge in [-0.05, 0) is 10.8 Å². The van der Waals surface area contributed by atoms with Gasteiger partial charge in [0.05, 0.1) is 12.2 Å². The number of phenols is 1. The summed E-state index contributed by atoms with van der Waals surface area (Å²) in [6.45, 7) is 12.6. The number of hydrogen-bond donors (Lipinski definition) is 1. The fourth-order valence-corrected chi connectivity index (χ4v) is 2.90. The van der Waals surface area contributed by atoms with Crippen molar-refractivity contribution in [3.8, 4) is 5.75 Å². The van der Waals surface area contributed by atoms with Crippen molar-refractivity contribution in [3.63, 3.8) is 0 Å². The second kappa shape index (κ2) is 6.37. The SMILES string of the molecule is COC(c1cccc(C(OC)C(C)(C)C)c1O)C(C)(C)C. The van der Waals surface area contributed by atoms with Crippen molar-refractivity contribution in [2.75, 3.05) is 14.2 Å².